The van der Waals surface area contributed by atoms with Gasteiger partial charge < -0.3 is 26.3 Å². The SMILES string of the molecule is Nc1nc(N)c2[nH]c(OCCC(=O)CO)nc2n1. The standard InChI is InChI=1S/C9H12N6O3/c10-6-5-7(14-8(11)13-6)15-9(12-5)18-2-1-4(17)3-16/h16H,1-3H2,(H5,10,11,12,13,14,15). The molecule has 2 heterocycles. The molecular formula is C9H12N6O3. The van der Waals surface area contributed by atoms with Crippen molar-refractivity contribution in [2.24, 2.45) is 0 Å². The van der Waals surface area contributed by atoms with E-state index in [-0.39, 0.29) is 36.6 Å². The van der Waals surface area contributed by atoms with Crippen molar-refractivity contribution in [1.82, 2.24) is 19.9 Å². The predicted octanol–water partition coefficient (Wildman–Crippen LogP) is -1.15. The summed E-state index contributed by atoms with van der Waals surface area (Å²) >= 11 is 0. The Morgan fingerprint density at radius 3 is 2.83 bits per heavy atom. The van der Waals surface area contributed by atoms with Gasteiger partial charge in [0, 0.05) is 6.42 Å². The van der Waals surface area contributed by atoms with E-state index >= 15 is 0 Å². The molecule has 0 saturated carbocycles. The molecule has 2 aromatic heterocycles. The highest BCUT2D eigenvalue weighted by Crippen LogP contribution is 2.19. The minimum Gasteiger partial charge on any atom is -0.464 e. The van der Waals surface area contributed by atoms with Crippen LogP contribution in [0.5, 0.6) is 6.01 Å². The van der Waals surface area contributed by atoms with E-state index in [9.17, 15) is 4.79 Å². The zero-order chi connectivity index (χ0) is 13.1. The molecule has 6 N–H and O–H groups in total. The topological polar surface area (TPSA) is 153 Å². The minimum absolute atomic E-state index is 0.0218. The summed E-state index contributed by atoms with van der Waals surface area (Å²) in [6.45, 7) is -0.402. The molecule has 0 unspecified atom stereocenters. The number of ketones is 1. The zero-order valence-electron chi connectivity index (χ0n) is 9.38. The van der Waals surface area contributed by atoms with Crippen molar-refractivity contribution >= 4 is 28.7 Å². The fraction of sp³-hybridized carbons (Fsp3) is 0.333. The number of rotatable bonds is 5. The molecule has 9 nitrogen and oxygen atoms in total. The molecule has 96 valence electrons. The minimum atomic E-state index is -0.502. The number of imidazole rings is 1. The molecular weight excluding hydrogens is 240 g/mol. The second kappa shape index (κ2) is 4.84. The summed E-state index contributed by atoms with van der Waals surface area (Å²) in [6.07, 6.45) is 0.0941. The normalized spacial score (nSPS) is 10.7. The molecule has 0 aromatic carbocycles. The number of carbonyl (C=O) groups excluding carboxylic acids is 1. The summed E-state index contributed by atoms with van der Waals surface area (Å²) < 4.78 is 5.20. The van der Waals surface area contributed by atoms with Crippen LogP contribution in [-0.2, 0) is 4.79 Å². The molecule has 0 fully saturated rings. The Morgan fingerprint density at radius 2 is 2.11 bits per heavy atom. The van der Waals surface area contributed by atoms with Crippen LogP contribution in [0.15, 0.2) is 0 Å². The van der Waals surface area contributed by atoms with E-state index in [1.807, 2.05) is 0 Å². The number of nitrogens with two attached hydrogens (primary N) is 2. The van der Waals surface area contributed by atoms with Crippen molar-refractivity contribution in [1.29, 1.82) is 0 Å². The van der Waals surface area contributed by atoms with E-state index in [2.05, 4.69) is 19.9 Å². The van der Waals surface area contributed by atoms with Gasteiger partial charge in [-0.05, 0) is 0 Å². The summed E-state index contributed by atoms with van der Waals surface area (Å²) in [5, 5.41) is 8.54. The van der Waals surface area contributed by atoms with Gasteiger partial charge in [-0.15, -0.1) is 0 Å². The summed E-state index contributed by atoms with van der Waals surface area (Å²) in [6, 6.07) is 0.169. The smallest absolute Gasteiger partial charge is 0.296 e. The molecule has 9 heteroatoms. The second-order valence-electron chi connectivity index (χ2n) is 3.50. The van der Waals surface area contributed by atoms with Gasteiger partial charge in [-0.3, -0.25) is 4.79 Å². The first-order valence-corrected chi connectivity index (χ1v) is 5.14. The van der Waals surface area contributed by atoms with Crippen molar-refractivity contribution in [3.63, 3.8) is 0 Å². The Balaban J connectivity index is 2.11. The van der Waals surface area contributed by atoms with E-state index in [1.54, 1.807) is 0 Å². The Morgan fingerprint density at radius 1 is 1.33 bits per heavy atom. The van der Waals surface area contributed by atoms with Gasteiger partial charge in [0.2, 0.25) is 5.95 Å². The Bertz CT molecular complexity index is 581. The number of fused-ring (bicyclic) bond motifs is 1. The fourth-order valence-corrected chi connectivity index (χ4v) is 1.32. The maximum absolute atomic E-state index is 10.9. The van der Waals surface area contributed by atoms with E-state index < -0.39 is 6.61 Å². The Hall–Kier alpha value is -2.42. The number of aromatic nitrogens is 4. The van der Waals surface area contributed by atoms with E-state index in [1.165, 1.54) is 0 Å². The van der Waals surface area contributed by atoms with Gasteiger partial charge >= 0.3 is 0 Å². The van der Waals surface area contributed by atoms with Crippen LogP contribution in [0.3, 0.4) is 0 Å². The Kier molecular flexibility index (Phi) is 3.24. The second-order valence-corrected chi connectivity index (χ2v) is 3.50. The van der Waals surface area contributed by atoms with Crippen LogP contribution in [0.2, 0.25) is 0 Å². The molecule has 2 aromatic rings. The number of aromatic amines is 1. The van der Waals surface area contributed by atoms with E-state index in [4.69, 9.17) is 21.3 Å². The van der Waals surface area contributed by atoms with Crippen LogP contribution in [0.25, 0.3) is 11.2 Å². The highest BCUT2D eigenvalue weighted by molar-refractivity contribution is 5.83. The maximum Gasteiger partial charge on any atom is 0.296 e. The molecule has 0 bridgehead atoms. The number of anilines is 2. The number of hydrogen-bond donors (Lipinski definition) is 4. The van der Waals surface area contributed by atoms with Crippen molar-refractivity contribution in [2.75, 3.05) is 24.7 Å². The van der Waals surface area contributed by atoms with Crippen LogP contribution < -0.4 is 16.2 Å². The quantitative estimate of drug-likeness (QED) is 0.520. The van der Waals surface area contributed by atoms with Crippen LogP contribution in [-0.4, -0.2) is 44.0 Å². The average Bonchev–Trinajstić information content (AvgIpc) is 2.72. The molecule has 0 atom stereocenters. The van der Waals surface area contributed by atoms with Crippen molar-refractivity contribution in [2.45, 2.75) is 6.42 Å². The van der Waals surface area contributed by atoms with Crippen LogP contribution in [0.4, 0.5) is 11.8 Å². The van der Waals surface area contributed by atoms with Crippen LogP contribution in [0.1, 0.15) is 6.42 Å². The number of nitrogen functional groups attached to an aromatic ring is 2. The Labute approximate surface area is 101 Å². The molecule has 0 radical (unpaired) electrons. The highest BCUT2D eigenvalue weighted by atomic mass is 16.5. The molecule has 0 aliphatic carbocycles. The number of nitrogens with zero attached hydrogens (tertiary/aromatic N) is 3. The lowest BCUT2D eigenvalue weighted by molar-refractivity contribution is -0.122. The third-order valence-electron chi connectivity index (χ3n) is 2.17. The lowest BCUT2D eigenvalue weighted by Crippen LogP contribution is -2.09. The van der Waals surface area contributed by atoms with Gasteiger partial charge in [-0.1, -0.05) is 0 Å². The lowest BCUT2D eigenvalue weighted by atomic mass is 10.3. The summed E-state index contributed by atoms with van der Waals surface area (Å²) in [7, 11) is 0. The monoisotopic (exact) mass is 252 g/mol. The van der Waals surface area contributed by atoms with Crippen molar-refractivity contribution < 1.29 is 14.6 Å². The molecule has 18 heavy (non-hydrogen) atoms. The molecule has 0 aliphatic heterocycles. The van der Waals surface area contributed by atoms with Gasteiger partial charge in [0.05, 0.1) is 6.61 Å². The summed E-state index contributed by atoms with van der Waals surface area (Å²) in [5.41, 5.74) is 11.8. The first-order chi connectivity index (χ1) is 8.60. The van der Waals surface area contributed by atoms with Crippen LogP contribution in [0, 0.1) is 0 Å². The first-order valence-electron chi connectivity index (χ1n) is 5.14. The first kappa shape index (κ1) is 12.0. The summed E-state index contributed by atoms with van der Waals surface area (Å²) in [4.78, 5) is 25.3. The molecule has 0 amide bonds. The zero-order valence-corrected chi connectivity index (χ0v) is 9.38. The number of H-pyrrole nitrogens is 1. The summed E-state index contributed by atoms with van der Waals surface area (Å²) in [5.74, 6) is -0.116. The van der Waals surface area contributed by atoms with Gasteiger partial charge in [0.1, 0.15) is 12.1 Å². The number of nitrogens with one attached hydrogen (secondary N) is 1. The lowest BCUT2D eigenvalue weighted by Gasteiger charge is -1.99. The number of aliphatic hydroxyl groups excluding tert-OH is 1. The van der Waals surface area contributed by atoms with Crippen LogP contribution >= 0.6 is 0 Å². The number of ether oxygens (including phenoxy) is 1. The number of carbonyl (C=O) groups is 1. The molecule has 2 rings (SSSR count). The van der Waals surface area contributed by atoms with Crippen molar-refractivity contribution in [3.05, 3.63) is 0 Å². The van der Waals surface area contributed by atoms with Gasteiger partial charge in [0.15, 0.2) is 17.2 Å². The molecule has 0 saturated heterocycles. The van der Waals surface area contributed by atoms with E-state index in [0.717, 1.165) is 0 Å². The molecule has 0 aliphatic rings. The van der Waals surface area contributed by atoms with Gasteiger partial charge in [-0.25, -0.2) is 0 Å². The number of aliphatic hydroxyl groups is 1. The highest BCUT2D eigenvalue weighted by Gasteiger charge is 2.10. The maximum atomic E-state index is 10.9. The van der Waals surface area contributed by atoms with Gasteiger partial charge in [0.25, 0.3) is 6.01 Å². The third-order valence-corrected chi connectivity index (χ3v) is 2.17. The largest absolute Gasteiger partial charge is 0.464 e. The third kappa shape index (κ3) is 2.46. The van der Waals surface area contributed by atoms with Gasteiger partial charge in [-0.2, -0.15) is 15.0 Å². The average molecular weight is 252 g/mol. The molecule has 0 spiro atoms. The fourth-order valence-electron chi connectivity index (χ4n) is 1.32. The van der Waals surface area contributed by atoms with Crippen molar-refractivity contribution in [3.8, 4) is 6.01 Å². The van der Waals surface area contributed by atoms with E-state index in [0.29, 0.717) is 11.2 Å². The number of Topliss-reactive ketones (excluding diaryl/α,β-unsaturated/α-hetero) is 1. The predicted molar refractivity (Wildman–Crippen MR) is 62.7 cm³/mol. The number of hydrogen-bond acceptors (Lipinski definition) is 8.